The number of carbonyl (C=O) groups excluding carboxylic acids is 1. The third-order valence-corrected chi connectivity index (χ3v) is 3.92. The molecule has 0 saturated carbocycles. The van der Waals surface area contributed by atoms with Gasteiger partial charge >= 0.3 is 6.09 Å². The maximum absolute atomic E-state index is 13.9. The fraction of sp³-hybridized carbons (Fsp3) is 0.500. The second kappa shape index (κ2) is 4.96. The summed E-state index contributed by atoms with van der Waals surface area (Å²) in [5.41, 5.74) is 0. The normalized spacial score (nSPS) is 23.1. The number of hydrogen-bond acceptors (Lipinski definition) is 4. The number of pyridine rings is 1. The first-order chi connectivity index (χ1) is 9.15. The highest BCUT2D eigenvalue weighted by molar-refractivity contribution is 9.10. The first kappa shape index (κ1) is 12.7. The largest absolute Gasteiger partial charge is 0.449 e. The Morgan fingerprint density at radius 3 is 3.11 bits per heavy atom. The lowest BCUT2D eigenvalue weighted by atomic mass is 10.1. The van der Waals surface area contributed by atoms with Crippen molar-refractivity contribution in [3.05, 3.63) is 22.6 Å². The van der Waals surface area contributed by atoms with Crippen LogP contribution in [0.4, 0.5) is 15.0 Å². The van der Waals surface area contributed by atoms with Crippen LogP contribution in [-0.2, 0) is 4.74 Å². The van der Waals surface area contributed by atoms with Crippen molar-refractivity contribution in [1.82, 2.24) is 9.88 Å². The summed E-state index contributed by atoms with van der Waals surface area (Å²) in [6.45, 7) is 2.14. The van der Waals surface area contributed by atoms with Crippen LogP contribution in [0.25, 0.3) is 0 Å². The van der Waals surface area contributed by atoms with Gasteiger partial charge < -0.3 is 14.5 Å². The van der Waals surface area contributed by atoms with Gasteiger partial charge in [0, 0.05) is 36.7 Å². The molecule has 1 aromatic heterocycles. The fourth-order valence-corrected chi connectivity index (χ4v) is 2.84. The van der Waals surface area contributed by atoms with Crippen molar-refractivity contribution in [2.24, 2.45) is 0 Å². The van der Waals surface area contributed by atoms with Gasteiger partial charge in [0.25, 0.3) is 0 Å². The molecule has 1 aromatic rings. The number of aromatic nitrogens is 1. The van der Waals surface area contributed by atoms with Crippen molar-refractivity contribution in [1.29, 1.82) is 0 Å². The maximum atomic E-state index is 13.9. The zero-order valence-corrected chi connectivity index (χ0v) is 11.8. The average molecular weight is 330 g/mol. The number of hydrogen-bond donors (Lipinski definition) is 0. The van der Waals surface area contributed by atoms with Crippen LogP contribution in [0.2, 0.25) is 0 Å². The maximum Gasteiger partial charge on any atom is 0.410 e. The SMILES string of the molecule is O=C1OCCC2CN(c3ncc(Br)cc3F)CCN12. The summed E-state index contributed by atoms with van der Waals surface area (Å²) in [7, 11) is 0. The van der Waals surface area contributed by atoms with E-state index in [4.69, 9.17) is 4.74 Å². The molecule has 0 N–H and O–H groups in total. The Kier molecular flexibility index (Phi) is 3.30. The van der Waals surface area contributed by atoms with Gasteiger partial charge in [-0.25, -0.2) is 14.2 Å². The van der Waals surface area contributed by atoms with E-state index in [1.54, 1.807) is 11.1 Å². The predicted molar refractivity (Wildman–Crippen MR) is 70.6 cm³/mol. The second-order valence-corrected chi connectivity index (χ2v) is 5.57. The van der Waals surface area contributed by atoms with Crippen molar-refractivity contribution in [2.75, 3.05) is 31.1 Å². The van der Waals surface area contributed by atoms with E-state index in [-0.39, 0.29) is 18.0 Å². The quantitative estimate of drug-likeness (QED) is 0.790. The molecule has 7 heteroatoms. The average Bonchev–Trinajstić information content (AvgIpc) is 2.38. The molecule has 2 saturated heterocycles. The Hall–Kier alpha value is -1.37. The number of halogens is 2. The summed E-state index contributed by atoms with van der Waals surface area (Å²) >= 11 is 3.19. The lowest BCUT2D eigenvalue weighted by Gasteiger charge is -2.43. The lowest BCUT2D eigenvalue weighted by Crippen LogP contribution is -2.58. The van der Waals surface area contributed by atoms with Crippen LogP contribution in [0.5, 0.6) is 0 Å². The molecule has 0 radical (unpaired) electrons. The van der Waals surface area contributed by atoms with Gasteiger partial charge in [0.15, 0.2) is 11.6 Å². The third kappa shape index (κ3) is 2.39. The molecular weight excluding hydrogens is 317 g/mol. The number of cyclic esters (lactones) is 1. The fourth-order valence-electron chi connectivity index (χ4n) is 2.54. The highest BCUT2D eigenvalue weighted by Gasteiger charge is 2.35. The van der Waals surface area contributed by atoms with Gasteiger partial charge in [-0.15, -0.1) is 0 Å². The Morgan fingerprint density at radius 1 is 1.47 bits per heavy atom. The number of amides is 1. The van der Waals surface area contributed by atoms with Crippen LogP contribution in [0.3, 0.4) is 0 Å². The third-order valence-electron chi connectivity index (χ3n) is 3.48. The van der Waals surface area contributed by atoms with Crippen molar-refractivity contribution in [3.8, 4) is 0 Å². The van der Waals surface area contributed by atoms with Crippen LogP contribution >= 0.6 is 15.9 Å². The Labute approximate surface area is 118 Å². The summed E-state index contributed by atoms with van der Waals surface area (Å²) in [5, 5.41) is 0. The van der Waals surface area contributed by atoms with Crippen LogP contribution in [-0.4, -0.2) is 48.3 Å². The van der Waals surface area contributed by atoms with Gasteiger partial charge in [-0.3, -0.25) is 0 Å². The minimum absolute atomic E-state index is 0.0832. The molecule has 2 fully saturated rings. The summed E-state index contributed by atoms with van der Waals surface area (Å²) < 4.78 is 19.5. The smallest absolute Gasteiger partial charge is 0.410 e. The molecule has 0 bridgehead atoms. The highest BCUT2D eigenvalue weighted by atomic mass is 79.9. The van der Waals surface area contributed by atoms with Crippen molar-refractivity contribution >= 4 is 27.8 Å². The number of ether oxygens (including phenoxy) is 1. The molecule has 5 nitrogen and oxygen atoms in total. The van der Waals surface area contributed by atoms with E-state index in [9.17, 15) is 9.18 Å². The number of piperazine rings is 1. The van der Waals surface area contributed by atoms with Crippen molar-refractivity contribution < 1.29 is 13.9 Å². The Morgan fingerprint density at radius 2 is 2.32 bits per heavy atom. The number of nitrogens with zero attached hydrogens (tertiary/aromatic N) is 3. The molecule has 1 amide bonds. The second-order valence-electron chi connectivity index (χ2n) is 4.66. The molecule has 3 rings (SSSR count). The summed E-state index contributed by atoms with van der Waals surface area (Å²) in [4.78, 5) is 19.3. The summed E-state index contributed by atoms with van der Waals surface area (Å²) in [5.74, 6) is 0.00278. The van der Waals surface area contributed by atoms with E-state index in [0.717, 1.165) is 6.42 Å². The topological polar surface area (TPSA) is 45.7 Å². The molecule has 2 aliphatic rings. The van der Waals surface area contributed by atoms with Gasteiger partial charge in [0.2, 0.25) is 0 Å². The molecule has 0 aliphatic carbocycles. The number of fused-ring (bicyclic) bond motifs is 1. The van der Waals surface area contributed by atoms with E-state index in [1.807, 2.05) is 4.90 Å². The summed E-state index contributed by atoms with van der Waals surface area (Å²) in [6.07, 6.45) is 2.10. The molecule has 2 aliphatic heterocycles. The van der Waals surface area contributed by atoms with E-state index >= 15 is 0 Å². The van der Waals surface area contributed by atoms with E-state index in [1.165, 1.54) is 6.07 Å². The van der Waals surface area contributed by atoms with Gasteiger partial charge in [-0.05, 0) is 22.0 Å². The van der Waals surface area contributed by atoms with Gasteiger partial charge in [-0.1, -0.05) is 0 Å². The molecule has 0 aromatic carbocycles. The van der Waals surface area contributed by atoms with Crippen LogP contribution in [0, 0.1) is 5.82 Å². The molecule has 1 atom stereocenters. The predicted octanol–water partition coefficient (Wildman–Crippen LogP) is 2.01. The van der Waals surface area contributed by atoms with Gasteiger partial charge in [0.05, 0.1) is 12.6 Å². The monoisotopic (exact) mass is 329 g/mol. The highest BCUT2D eigenvalue weighted by Crippen LogP contribution is 2.25. The zero-order valence-electron chi connectivity index (χ0n) is 10.2. The first-order valence-electron chi connectivity index (χ1n) is 6.14. The van der Waals surface area contributed by atoms with Crippen molar-refractivity contribution in [3.63, 3.8) is 0 Å². The van der Waals surface area contributed by atoms with Gasteiger partial charge in [-0.2, -0.15) is 0 Å². The summed E-state index contributed by atoms with van der Waals surface area (Å²) in [6, 6.07) is 1.49. The number of rotatable bonds is 1. The van der Waals surface area contributed by atoms with Gasteiger partial charge in [0.1, 0.15) is 0 Å². The minimum Gasteiger partial charge on any atom is -0.449 e. The first-order valence-corrected chi connectivity index (χ1v) is 6.94. The van der Waals surface area contributed by atoms with E-state index in [0.29, 0.717) is 36.5 Å². The molecular formula is C12H13BrFN3O2. The van der Waals surface area contributed by atoms with E-state index < -0.39 is 0 Å². The van der Waals surface area contributed by atoms with Crippen LogP contribution in [0.15, 0.2) is 16.7 Å². The molecule has 1 unspecified atom stereocenters. The standard InChI is InChI=1S/C12H13BrFN3O2/c13-8-5-10(14)11(15-6-8)16-2-3-17-9(7-16)1-4-19-12(17)18/h5-6,9H,1-4,7H2. The Balaban J connectivity index is 1.79. The molecule has 3 heterocycles. The van der Waals surface area contributed by atoms with Crippen LogP contribution < -0.4 is 4.90 Å². The molecule has 102 valence electrons. The number of carbonyl (C=O) groups is 1. The lowest BCUT2D eigenvalue weighted by molar-refractivity contribution is 0.0397. The minimum atomic E-state index is -0.346. The number of anilines is 1. The van der Waals surface area contributed by atoms with Crippen molar-refractivity contribution in [2.45, 2.75) is 12.5 Å². The molecule has 0 spiro atoms. The zero-order chi connectivity index (χ0) is 13.4. The van der Waals surface area contributed by atoms with E-state index in [2.05, 4.69) is 20.9 Å². The Bertz CT molecular complexity index is 514. The van der Waals surface area contributed by atoms with Crippen LogP contribution in [0.1, 0.15) is 6.42 Å². The molecule has 19 heavy (non-hydrogen) atoms.